The molecule has 0 N–H and O–H groups in total. The molecule has 0 fully saturated rings. The minimum Gasteiger partial charge on any atom is -0.326 e. The average Bonchev–Trinajstić information content (AvgIpc) is 3.65. The number of aromatic nitrogens is 2. The van der Waals surface area contributed by atoms with Crippen molar-refractivity contribution >= 4 is 22.6 Å². The van der Waals surface area contributed by atoms with Gasteiger partial charge in [0.05, 0.1) is 21.0 Å². The van der Waals surface area contributed by atoms with Crippen LogP contribution in [0.25, 0.3) is 0 Å². The second kappa shape index (κ2) is 16.1. The summed E-state index contributed by atoms with van der Waals surface area (Å²) in [6.07, 6.45) is 10.6. The van der Waals surface area contributed by atoms with Crippen LogP contribution in [0, 0.1) is 0 Å². The van der Waals surface area contributed by atoms with Crippen LogP contribution in [-0.2, 0) is 18.0 Å². The van der Waals surface area contributed by atoms with Gasteiger partial charge in [-0.25, -0.2) is 4.98 Å². The van der Waals surface area contributed by atoms with E-state index in [1.54, 1.807) is 0 Å². The van der Waals surface area contributed by atoms with E-state index in [0.717, 1.165) is 12.8 Å². The van der Waals surface area contributed by atoms with Crippen LogP contribution in [-0.4, -0.2) is 26.9 Å². The molecule has 45 heavy (non-hydrogen) atoms. The van der Waals surface area contributed by atoms with Gasteiger partial charge in [-0.05, 0) is 52.0 Å². The van der Waals surface area contributed by atoms with E-state index in [-0.39, 0.29) is 5.16 Å². The molecule has 0 radical (unpaired) electrons. The first kappa shape index (κ1) is 32.0. The minimum atomic E-state index is -0.794. The Bertz CT molecular complexity index is 1580. The molecular weight excluding hydrogens is 559 g/mol. The molecule has 0 atom stereocenters. The molecule has 0 aliphatic rings. The second-order valence-corrected chi connectivity index (χ2v) is 14.1. The van der Waals surface area contributed by atoms with Crippen molar-refractivity contribution in [2.24, 2.45) is 0 Å². The standard InChI is InChI=1S/C28H32N2Si.C13H13B/c1-3-8-23-12-16-25(17-13-23)28(30-21-20-29-22-30,31-27-10-6-5-7-11-27)26-18-14-24(9-4-2)15-19-26;14-13(11-7-3-1-4-8-11)12-9-5-2-6-10-12/h5-7,10-22H,3-4,8-9,31H2,1-2H3;1-10,13H,14H2. The fourth-order valence-corrected chi connectivity index (χ4v) is 8.63. The molecule has 0 amide bonds. The van der Waals surface area contributed by atoms with E-state index in [1.165, 1.54) is 51.4 Å². The van der Waals surface area contributed by atoms with E-state index in [4.69, 9.17) is 0 Å². The highest BCUT2D eigenvalue weighted by Crippen LogP contribution is 2.34. The van der Waals surface area contributed by atoms with Crippen LogP contribution in [0.1, 0.15) is 65.9 Å². The number of nitrogens with zero attached hydrogens (tertiary/aromatic N) is 2. The Morgan fingerprint density at radius 3 is 1.47 bits per heavy atom. The quantitative estimate of drug-likeness (QED) is 0.141. The van der Waals surface area contributed by atoms with Crippen molar-refractivity contribution in [3.05, 3.63) is 192 Å². The van der Waals surface area contributed by atoms with Gasteiger partial charge >= 0.3 is 0 Å². The van der Waals surface area contributed by atoms with Gasteiger partial charge in [0.2, 0.25) is 0 Å². The molecular formula is C41H45BN2Si. The molecule has 0 aliphatic heterocycles. The van der Waals surface area contributed by atoms with E-state index in [2.05, 4.69) is 177 Å². The molecule has 0 saturated carbocycles. The maximum atomic E-state index is 4.46. The van der Waals surface area contributed by atoms with Gasteiger partial charge in [-0.3, -0.25) is 0 Å². The zero-order valence-corrected chi connectivity index (χ0v) is 28.4. The van der Waals surface area contributed by atoms with Crippen molar-refractivity contribution in [3.63, 3.8) is 0 Å². The molecule has 2 nitrogen and oxygen atoms in total. The third kappa shape index (κ3) is 8.01. The van der Waals surface area contributed by atoms with Gasteiger partial charge in [0.1, 0.15) is 7.85 Å². The Labute approximate surface area is 273 Å². The van der Waals surface area contributed by atoms with Gasteiger partial charge < -0.3 is 4.57 Å². The third-order valence-electron chi connectivity index (χ3n) is 8.79. The summed E-state index contributed by atoms with van der Waals surface area (Å²) < 4.78 is 2.34. The summed E-state index contributed by atoms with van der Waals surface area (Å²) in [6, 6.07) is 50.9. The Balaban J connectivity index is 0.000000238. The molecule has 5 aromatic carbocycles. The van der Waals surface area contributed by atoms with Gasteiger partial charge in [0.15, 0.2) is 0 Å². The summed E-state index contributed by atoms with van der Waals surface area (Å²) in [5, 5.41) is 1.24. The summed E-state index contributed by atoms with van der Waals surface area (Å²) in [7, 11) is 1.45. The number of aryl methyl sites for hydroxylation is 2. The third-order valence-corrected chi connectivity index (χ3v) is 11.4. The first-order chi connectivity index (χ1) is 22.1. The van der Waals surface area contributed by atoms with Gasteiger partial charge in [0.25, 0.3) is 0 Å². The predicted molar refractivity (Wildman–Crippen MR) is 197 cm³/mol. The zero-order chi connectivity index (χ0) is 31.3. The number of benzene rings is 5. The highest BCUT2D eigenvalue weighted by atomic mass is 28.2. The van der Waals surface area contributed by atoms with Crippen molar-refractivity contribution in [2.45, 2.75) is 50.5 Å². The van der Waals surface area contributed by atoms with Gasteiger partial charge in [-0.2, -0.15) is 0 Å². The van der Waals surface area contributed by atoms with E-state index < -0.39 is 9.52 Å². The van der Waals surface area contributed by atoms with Crippen LogP contribution in [0.15, 0.2) is 158 Å². The fourth-order valence-electron chi connectivity index (χ4n) is 6.28. The van der Waals surface area contributed by atoms with Crippen molar-refractivity contribution in [2.75, 3.05) is 0 Å². The van der Waals surface area contributed by atoms with E-state index in [9.17, 15) is 0 Å². The van der Waals surface area contributed by atoms with E-state index in [0.29, 0.717) is 5.82 Å². The zero-order valence-electron chi connectivity index (χ0n) is 27.0. The van der Waals surface area contributed by atoms with Crippen molar-refractivity contribution in [3.8, 4) is 0 Å². The lowest BCUT2D eigenvalue weighted by Crippen LogP contribution is -2.46. The summed E-state index contributed by atoms with van der Waals surface area (Å²) in [4.78, 5) is 4.46. The summed E-state index contributed by atoms with van der Waals surface area (Å²) in [5.41, 5.74) is 8.27. The molecule has 0 bridgehead atoms. The lowest BCUT2D eigenvalue weighted by Gasteiger charge is -2.37. The SMILES string of the molecule is BC(c1ccccc1)c1ccccc1.CCCc1ccc(C([SiH2]c2ccccc2)(c2ccc(CCC)cc2)n2ccnc2)cc1. The van der Waals surface area contributed by atoms with Gasteiger partial charge in [-0.1, -0.05) is 171 Å². The largest absolute Gasteiger partial charge is 0.326 e. The first-order valence-corrected chi connectivity index (χ1v) is 17.9. The highest BCUT2D eigenvalue weighted by molar-refractivity contribution is 6.57. The normalized spacial score (nSPS) is 11.4. The van der Waals surface area contributed by atoms with Gasteiger partial charge in [0, 0.05) is 12.4 Å². The molecule has 1 heterocycles. The Morgan fingerprint density at radius 2 is 1.07 bits per heavy atom. The molecule has 226 valence electrons. The van der Waals surface area contributed by atoms with E-state index >= 15 is 0 Å². The fraction of sp³-hybridized carbons (Fsp3) is 0.195. The molecule has 0 aliphatic carbocycles. The first-order valence-electron chi connectivity index (χ1n) is 16.4. The van der Waals surface area contributed by atoms with Crippen molar-refractivity contribution < 1.29 is 0 Å². The van der Waals surface area contributed by atoms with Crippen LogP contribution in [0.2, 0.25) is 0 Å². The van der Waals surface area contributed by atoms with Crippen LogP contribution in [0.3, 0.4) is 0 Å². The number of imidazole rings is 1. The van der Waals surface area contributed by atoms with Crippen LogP contribution in [0.4, 0.5) is 0 Å². The molecule has 1 aromatic heterocycles. The second-order valence-electron chi connectivity index (χ2n) is 11.9. The Hall–Kier alpha value is -4.41. The molecule has 0 spiro atoms. The minimum absolute atomic E-state index is 0.215. The molecule has 6 aromatic rings. The monoisotopic (exact) mass is 604 g/mol. The molecule has 4 heteroatoms. The van der Waals surface area contributed by atoms with Crippen molar-refractivity contribution in [1.29, 1.82) is 0 Å². The van der Waals surface area contributed by atoms with E-state index in [1.807, 2.05) is 12.5 Å². The van der Waals surface area contributed by atoms with Crippen LogP contribution >= 0.6 is 0 Å². The van der Waals surface area contributed by atoms with Crippen LogP contribution in [0.5, 0.6) is 0 Å². The Kier molecular flexibility index (Phi) is 11.4. The summed E-state index contributed by atoms with van der Waals surface area (Å²) >= 11 is 0. The number of hydrogen-bond acceptors (Lipinski definition) is 1. The Morgan fingerprint density at radius 1 is 0.622 bits per heavy atom. The molecule has 0 unspecified atom stereocenters. The molecule has 6 rings (SSSR count). The lowest BCUT2D eigenvalue weighted by molar-refractivity contribution is 0.596. The van der Waals surface area contributed by atoms with Gasteiger partial charge in [-0.15, -0.1) is 0 Å². The summed E-state index contributed by atoms with van der Waals surface area (Å²) in [6.45, 7) is 4.48. The predicted octanol–water partition coefficient (Wildman–Crippen LogP) is 7.44. The maximum Gasteiger partial charge on any atom is 0.116 e. The number of rotatable bonds is 11. The lowest BCUT2D eigenvalue weighted by atomic mass is 9.76. The number of hydrogen-bond donors (Lipinski definition) is 0. The maximum absolute atomic E-state index is 4.46. The highest BCUT2D eigenvalue weighted by Gasteiger charge is 2.36. The topological polar surface area (TPSA) is 17.8 Å². The van der Waals surface area contributed by atoms with Crippen LogP contribution < -0.4 is 5.19 Å². The average molecular weight is 605 g/mol. The smallest absolute Gasteiger partial charge is 0.116 e. The van der Waals surface area contributed by atoms with Crippen molar-refractivity contribution in [1.82, 2.24) is 9.55 Å². The molecule has 0 saturated heterocycles. The summed E-state index contributed by atoms with van der Waals surface area (Å²) in [5.74, 6) is 0.484.